The average molecular weight is 491 g/mol. The van der Waals surface area contributed by atoms with Crippen LogP contribution in [-0.2, 0) is 4.79 Å². The molecule has 1 saturated heterocycles. The molecule has 1 unspecified atom stereocenters. The molecular formula is C19H34IN5O2. The van der Waals surface area contributed by atoms with Crippen molar-refractivity contribution in [3.05, 3.63) is 24.2 Å². The first kappa shape index (κ1) is 23.7. The van der Waals surface area contributed by atoms with Gasteiger partial charge in [-0.1, -0.05) is 13.8 Å². The van der Waals surface area contributed by atoms with Crippen molar-refractivity contribution in [1.29, 1.82) is 0 Å². The van der Waals surface area contributed by atoms with Gasteiger partial charge in [0.1, 0.15) is 5.76 Å². The number of rotatable bonds is 7. The topological polar surface area (TPSA) is 64.3 Å². The van der Waals surface area contributed by atoms with Crippen molar-refractivity contribution in [3.8, 4) is 0 Å². The monoisotopic (exact) mass is 491 g/mol. The molecule has 2 heterocycles. The summed E-state index contributed by atoms with van der Waals surface area (Å²) in [6.07, 6.45) is 1.72. The number of hydrogen-bond acceptors (Lipinski definition) is 4. The highest BCUT2D eigenvalue weighted by atomic mass is 127. The Morgan fingerprint density at radius 3 is 2.33 bits per heavy atom. The van der Waals surface area contributed by atoms with Gasteiger partial charge in [-0.25, -0.2) is 0 Å². The number of furan rings is 1. The number of carbonyl (C=O) groups excluding carboxylic acids is 1. The van der Waals surface area contributed by atoms with Crippen LogP contribution in [0.3, 0.4) is 0 Å². The van der Waals surface area contributed by atoms with Gasteiger partial charge >= 0.3 is 0 Å². The standard InChI is InChI=1S/C19H33N5O2.HI/c1-5-20-19(24-12-10-23(11-13-24)16(4)25)21-15-17(22(6-2)7-3)18-9-8-14-26-18;/h8-9,14,17H,5-7,10-13,15H2,1-4H3,(H,20,21);1H. The zero-order valence-corrected chi connectivity index (χ0v) is 19.3. The van der Waals surface area contributed by atoms with Crippen LogP contribution in [0, 0.1) is 0 Å². The van der Waals surface area contributed by atoms with Crippen LogP contribution in [0.25, 0.3) is 0 Å². The van der Waals surface area contributed by atoms with Gasteiger partial charge < -0.3 is 19.5 Å². The number of nitrogens with one attached hydrogen (secondary N) is 1. The Kier molecular flexibility index (Phi) is 10.8. The van der Waals surface area contributed by atoms with E-state index in [0.29, 0.717) is 6.54 Å². The molecule has 1 fully saturated rings. The molecule has 7 nitrogen and oxygen atoms in total. The second-order valence-electron chi connectivity index (χ2n) is 6.44. The van der Waals surface area contributed by atoms with Crippen LogP contribution in [0.2, 0.25) is 0 Å². The van der Waals surface area contributed by atoms with E-state index in [1.165, 1.54) is 0 Å². The summed E-state index contributed by atoms with van der Waals surface area (Å²) >= 11 is 0. The van der Waals surface area contributed by atoms with Crippen LogP contribution in [0.4, 0.5) is 0 Å². The van der Waals surface area contributed by atoms with Gasteiger partial charge in [0, 0.05) is 39.6 Å². The molecular weight excluding hydrogens is 457 g/mol. The molecule has 0 radical (unpaired) electrons. The molecule has 2 rings (SSSR count). The molecule has 8 heteroatoms. The molecule has 0 aliphatic carbocycles. The van der Waals surface area contributed by atoms with E-state index < -0.39 is 0 Å². The molecule has 27 heavy (non-hydrogen) atoms. The third kappa shape index (κ3) is 6.67. The zero-order chi connectivity index (χ0) is 18.9. The first-order valence-electron chi connectivity index (χ1n) is 9.66. The molecule has 0 saturated carbocycles. The SMILES string of the molecule is CCNC(=NCC(c1ccco1)N(CC)CC)N1CCN(C(C)=O)CC1.I. The smallest absolute Gasteiger partial charge is 0.219 e. The Hall–Kier alpha value is -1.29. The normalized spacial score (nSPS) is 16.3. The highest BCUT2D eigenvalue weighted by Crippen LogP contribution is 2.21. The Bertz CT molecular complexity index is 567. The maximum Gasteiger partial charge on any atom is 0.219 e. The fourth-order valence-electron chi connectivity index (χ4n) is 3.36. The van der Waals surface area contributed by atoms with Gasteiger partial charge in [0.15, 0.2) is 5.96 Å². The maximum absolute atomic E-state index is 11.5. The van der Waals surface area contributed by atoms with Gasteiger partial charge in [-0.2, -0.15) is 0 Å². The van der Waals surface area contributed by atoms with Gasteiger partial charge in [0.05, 0.1) is 18.8 Å². The minimum atomic E-state index is 0. The van der Waals surface area contributed by atoms with Crippen LogP contribution in [0.5, 0.6) is 0 Å². The number of halogens is 1. The van der Waals surface area contributed by atoms with E-state index in [9.17, 15) is 4.79 Å². The molecule has 1 aromatic heterocycles. The summed E-state index contributed by atoms with van der Waals surface area (Å²) < 4.78 is 5.67. The van der Waals surface area contributed by atoms with Crippen molar-refractivity contribution in [2.45, 2.75) is 33.7 Å². The molecule has 1 N–H and O–H groups in total. The summed E-state index contributed by atoms with van der Waals surface area (Å²) in [6.45, 7) is 14.5. The van der Waals surface area contributed by atoms with Crippen LogP contribution in [0.15, 0.2) is 27.8 Å². The van der Waals surface area contributed by atoms with Gasteiger partial charge in [-0.15, -0.1) is 24.0 Å². The highest BCUT2D eigenvalue weighted by Gasteiger charge is 2.23. The fraction of sp³-hybridized carbons (Fsp3) is 0.684. The summed E-state index contributed by atoms with van der Waals surface area (Å²) in [6, 6.07) is 4.09. The van der Waals surface area contributed by atoms with E-state index in [4.69, 9.17) is 9.41 Å². The third-order valence-electron chi connectivity index (χ3n) is 4.90. The van der Waals surface area contributed by atoms with Gasteiger partial charge in [-0.05, 0) is 32.1 Å². The Morgan fingerprint density at radius 1 is 1.22 bits per heavy atom. The van der Waals surface area contributed by atoms with E-state index >= 15 is 0 Å². The van der Waals surface area contributed by atoms with Crippen molar-refractivity contribution in [2.75, 3.05) is 52.4 Å². The van der Waals surface area contributed by atoms with Crippen LogP contribution in [0.1, 0.15) is 39.5 Å². The predicted octanol–water partition coefficient (Wildman–Crippen LogP) is 2.41. The summed E-state index contributed by atoms with van der Waals surface area (Å²) in [7, 11) is 0. The number of carbonyl (C=O) groups is 1. The zero-order valence-electron chi connectivity index (χ0n) is 17.0. The van der Waals surface area contributed by atoms with E-state index in [0.717, 1.165) is 57.5 Å². The van der Waals surface area contributed by atoms with E-state index in [1.807, 2.05) is 17.0 Å². The average Bonchev–Trinajstić information content (AvgIpc) is 3.18. The Labute approximate surface area is 180 Å². The maximum atomic E-state index is 11.5. The molecule has 0 bridgehead atoms. The lowest BCUT2D eigenvalue weighted by Gasteiger charge is -2.36. The number of amides is 1. The van der Waals surface area contributed by atoms with Crippen molar-refractivity contribution in [1.82, 2.24) is 20.0 Å². The molecule has 1 aromatic rings. The van der Waals surface area contributed by atoms with Gasteiger partial charge in [0.25, 0.3) is 0 Å². The lowest BCUT2D eigenvalue weighted by Crippen LogP contribution is -2.53. The predicted molar refractivity (Wildman–Crippen MR) is 120 cm³/mol. The quantitative estimate of drug-likeness (QED) is 0.361. The second kappa shape index (κ2) is 12.2. The van der Waals surface area contributed by atoms with Crippen LogP contribution < -0.4 is 5.32 Å². The number of aliphatic imine (C=N–C) groups is 1. The number of nitrogens with zero attached hydrogens (tertiary/aromatic N) is 4. The van der Waals surface area contributed by atoms with Gasteiger partial charge in [0.2, 0.25) is 5.91 Å². The summed E-state index contributed by atoms with van der Waals surface area (Å²) in [4.78, 5) is 22.9. The minimum Gasteiger partial charge on any atom is -0.468 e. The second-order valence-corrected chi connectivity index (χ2v) is 6.44. The number of hydrogen-bond donors (Lipinski definition) is 1. The number of guanidine groups is 1. The number of piperazine rings is 1. The number of likely N-dealkylation sites (N-methyl/N-ethyl adjacent to an activating group) is 1. The van der Waals surface area contributed by atoms with E-state index in [1.54, 1.807) is 13.2 Å². The Balaban J connectivity index is 0.00000364. The van der Waals surface area contributed by atoms with E-state index in [2.05, 4.69) is 35.9 Å². The summed E-state index contributed by atoms with van der Waals surface area (Å²) in [5, 5.41) is 3.40. The lowest BCUT2D eigenvalue weighted by atomic mass is 10.2. The molecule has 0 aromatic carbocycles. The van der Waals surface area contributed by atoms with Crippen molar-refractivity contribution >= 4 is 35.8 Å². The van der Waals surface area contributed by atoms with E-state index in [-0.39, 0.29) is 35.9 Å². The molecule has 0 spiro atoms. The molecule has 154 valence electrons. The fourth-order valence-corrected chi connectivity index (χ4v) is 3.36. The largest absolute Gasteiger partial charge is 0.468 e. The van der Waals surface area contributed by atoms with Crippen molar-refractivity contribution < 1.29 is 9.21 Å². The van der Waals surface area contributed by atoms with Gasteiger partial charge in [-0.3, -0.25) is 14.7 Å². The first-order valence-corrected chi connectivity index (χ1v) is 9.66. The Morgan fingerprint density at radius 2 is 1.85 bits per heavy atom. The highest BCUT2D eigenvalue weighted by molar-refractivity contribution is 14.0. The van der Waals surface area contributed by atoms with Crippen molar-refractivity contribution in [3.63, 3.8) is 0 Å². The first-order chi connectivity index (χ1) is 12.6. The van der Waals surface area contributed by atoms with Crippen molar-refractivity contribution in [2.24, 2.45) is 4.99 Å². The minimum absolute atomic E-state index is 0. The third-order valence-corrected chi connectivity index (χ3v) is 4.90. The van der Waals surface area contributed by atoms with Crippen LogP contribution in [-0.4, -0.2) is 78.9 Å². The van der Waals surface area contributed by atoms with Crippen LogP contribution >= 0.6 is 24.0 Å². The summed E-state index contributed by atoms with van der Waals surface area (Å²) in [5.74, 6) is 2.01. The molecule has 1 amide bonds. The lowest BCUT2D eigenvalue weighted by molar-refractivity contribution is -0.130. The molecule has 1 aliphatic heterocycles. The molecule has 1 aliphatic rings. The molecule has 1 atom stereocenters. The summed E-state index contributed by atoms with van der Waals surface area (Å²) in [5.41, 5.74) is 0.